The van der Waals surface area contributed by atoms with Gasteiger partial charge in [-0.1, -0.05) is 12.1 Å². The van der Waals surface area contributed by atoms with Crippen LogP contribution in [0.1, 0.15) is 17.2 Å². The van der Waals surface area contributed by atoms with Gasteiger partial charge in [-0.3, -0.25) is 4.98 Å². The Balaban J connectivity index is 2.38. The fourth-order valence-electron chi connectivity index (χ4n) is 1.91. The number of hydrogen-bond acceptors (Lipinski definition) is 2. The molecule has 1 heterocycles. The summed E-state index contributed by atoms with van der Waals surface area (Å²) in [6.07, 6.45) is 1.69. The standard InChI is InChI=1S/C14H14F2N2/c1-17-9-11(14-4-2-3-7-18-14)10-5-6-12(15)13(16)8-10/h2-8,11,17H,9H2,1H3. The van der Waals surface area contributed by atoms with E-state index in [-0.39, 0.29) is 5.92 Å². The number of benzene rings is 1. The number of rotatable bonds is 4. The van der Waals surface area contributed by atoms with Crippen molar-refractivity contribution in [3.8, 4) is 0 Å². The van der Waals surface area contributed by atoms with Gasteiger partial charge in [0.15, 0.2) is 11.6 Å². The van der Waals surface area contributed by atoms with E-state index >= 15 is 0 Å². The zero-order valence-corrected chi connectivity index (χ0v) is 10.0. The maximum absolute atomic E-state index is 13.3. The van der Waals surface area contributed by atoms with E-state index in [2.05, 4.69) is 10.3 Å². The van der Waals surface area contributed by atoms with E-state index in [1.807, 2.05) is 25.2 Å². The first kappa shape index (κ1) is 12.6. The Kier molecular flexibility index (Phi) is 3.99. The van der Waals surface area contributed by atoms with E-state index in [1.54, 1.807) is 12.3 Å². The minimum Gasteiger partial charge on any atom is -0.319 e. The van der Waals surface area contributed by atoms with Crippen LogP contribution in [0.4, 0.5) is 8.78 Å². The fraction of sp³-hybridized carbons (Fsp3) is 0.214. The Bertz CT molecular complexity index is 514. The van der Waals surface area contributed by atoms with Crippen LogP contribution in [0.3, 0.4) is 0 Å². The van der Waals surface area contributed by atoms with Gasteiger partial charge in [-0.05, 0) is 36.9 Å². The van der Waals surface area contributed by atoms with Crippen LogP contribution < -0.4 is 5.32 Å². The van der Waals surface area contributed by atoms with Crippen LogP contribution in [0.25, 0.3) is 0 Å². The van der Waals surface area contributed by atoms with Gasteiger partial charge >= 0.3 is 0 Å². The smallest absolute Gasteiger partial charge is 0.159 e. The monoisotopic (exact) mass is 248 g/mol. The highest BCUT2D eigenvalue weighted by Gasteiger charge is 2.16. The van der Waals surface area contributed by atoms with Gasteiger partial charge in [0.1, 0.15) is 0 Å². The minimum atomic E-state index is -0.831. The molecule has 0 bridgehead atoms. The third-order valence-corrected chi connectivity index (χ3v) is 2.80. The maximum Gasteiger partial charge on any atom is 0.159 e. The van der Waals surface area contributed by atoms with Crippen LogP contribution in [-0.4, -0.2) is 18.6 Å². The Labute approximate surface area is 105 Å². The van der Waals surface area contributed by atoms with Crippen LogP contribution >= 0.6 is 0 Å². The van der Waals surface area contributed by atoms with Crippen molar-refractivity contribution in [2.75, 3.05) is 13.6 Å². The Morgan fingerprint density at radius 2 is 2.00 bits per heavy atom. The molecule has 0 radical (unpaired) electrons. The summed E-state index contributed by atoms with van der Waals surface area (Å²) in [6.45, 7) is 0.613. The number of nitrogens with zero attached hydrogens (tertiary/aromatic N) is 1. The number of hydrogen-bond donors (Lipinski definition) is 1. The first-order valence-corrected chi connectivity index (χ1v) is 5.73. The highest BCUT2D eigenvalue weighted by atomic mass is 19.2. The summed E-state index contributed by atoms with van der Waals surface area (Å²) < 4.78 is 26.2. The third-order valence-electron chi connectivity index (χ3n) is 2.80. The molecule has 0 saturated carbocycles. The van der Waals surface area contributed by atoms with Crippen LogP contribution in [0.5, 0.6) is 0 Å². The molecule has 4 heteroatoms. The summed E-state index contributed by atoms with van der Waals surface area (Å²) in [5.74, 6) is -1.75. The van der Waals surface area contributed by atoms with Crippen molar-refractivity contribution in [3.63, 3.8) is 0 Å². The van der Waals surface area contributed by atoms with Gasteiger partial charge in [0.05, 0.1) is 0 Å². The molecular formula is C14H14F2N2. The number of nitrogens with one attached hydrogen (secondary N) is 1. The van der Waals surface area contributed by atoms with E-state index in [0.717, 1.165) is 11.8 Å². The largest absolute Gasteiger partial charge is 0.319 e. The summed E-state index contributed by atoms with van der Waals surface area (Å²) in [7, 11) is 1.82. The van der Waals surface area contributed by atoms with Crippen molar-refractivity contribution in [1.82, 2.24) is 10.3 Å². The molecule has 0 aliphatic heterocycles. The van der Waals surface area contributed by atoms with Crippen molar-refractivity contribution in [2.24, 2.45) is 0 Å². The molecule has 1 atom stereocenters. The van der Waals surface area contributed by atoms with Gasteiger partial charge in [-0.25, -0.2) is 8.78 Å². The number of aromatic nitrogens is 1. The van der Waals surface area contributed by atoms with Crippen molar-refractivity contribution in [2.45, 2.75) is 5.92 Å². The zero-order valence-electron chi connectivity index (χ0n) is 10.0. The molecule has 1 aromatic heterocycles. The van der Waals surface area contributed by atoms with Crippen LogP contribution in [0.2, 0.25) is 0 Å². The molecule has 0 aliphatic rings. The Hall–Kier alpha value is -1.81. The molecule has 2 rings (SSSR count). The highest BCUT2D eigenvalue weighted by Crippen LogP contribution is 2.23. The molecule has 2 nitrogen and oxygen atoms in total. The lowest BCUT2D eigenvalue weighted by molar-refractivity contribution is 0.505. The number of halogens is 2. The van der Waals surface area contributed by atoms with Crippen molar-refractivity contribution >= 4 is 0 Å². The predicted molar refractivity (Wildman–Crippen MR) is 66.4 cm³/mol. The summed E-state index contributed by atoms with van der Waals surface area (Å²) in [5.41, 5.74) is 1.54. The van der Waals surface area contributed by atoms with Crippen LogP contribution in [0, 0.1) is 11.6 Å². The second-order valence-corrected chi connectivity index (χ2v) is 4.04. The van der Waals surface area contributed by atoms with E-state index in [9.17, 15) is 8.78 Å². The highest BCUT2D eigenvalue weighted by molar-refractivity contribution is 5.29. The molecule has 0 spiro atoms. The Morgan fingerprint density at radius 1 is 1.17 bits per heavy atom. The molecular weight excluding hydrogens is 234 g/mol. The molecule has 0 amide bonds. The summed E-state index contributed by atoms with van der Waals surface area (Å²) in [4.78, 5) is 4.27. The average Bonchev–Trinajstić information content (AvgIpc) is 2.40. The molecule has 1 aromatic carbocycles. The molecule has 94 valence electrons. The lowest BCUT2D eigenvalue weighted by Crippen LogP contribution is -2.19. The number of likely N-dealkylation sites (N-methyl/N-ethyl adjacent to an activating group) is 1. The molecule has 1 unspecified atom stereocenters. The summed E-state index contributed by atoms with van der Waals surface area (Å²) in [5, 5.41) is 3.04. The van der Waals surface area contributed by atoms with E-state index in [0.29, 0.717) is 12.1 Å². The first-order chi connectivity index (χ1) is 8.72. The second kappa shape index (κ2) is 5.69. The van der Waals surface area contributed by atoms with E-state index < -0.39 is 11.6 Å². The summed E-state index contributed by atoms with van der Waals surface area (Å²) in [6, 6.07) is 9.55. The molecule has 1 N–H and O–H groups in total. The fourth-order valence-corrected chi connectivity index (χ4v) is 1.91. The van der Waals surface area contributed by atoms with E-state index in [4.69, 9.17) is 0 Å². The molecule has 0 aliphatic carbocycles. The number of pyridine rings is 1. The van der Waals surface area contributed by atoms with E-state index in [1.165, 1.54) is 6.07 Å². The minimum absolute atomic E-state index is 0.0914. The van der Waals surface area contributed by atoms with Crippen molar-refractivity contribution in [1.29, 1.82) is 0 Å². The van der Waals surface area contributed by atoms with Gasteiger partial charge in [0.25, 0.3) is 0 Å². The zero-order chi connectivity index (χ0) is 13.0. The SMILES string of the molecule is CNCC(c1ccc(F)c(F)c1)c1ccccn1. The normalized spacial score (nSPS) is 12.4. The second-order valence-electron chi connectivity index (χ2n) is 4.04. The average molecular weight is 248 g/mol. The maximum atomic E-state index is 13.3. The van der Waals surface area contributed by atoms with Gasteiger partial charge in [-0.15, -0.1) is 0 Å². The topological polar surface area (TPSA) is 24.9 Å². The molecule has 0 saturated heterocycles. The lowest BCUT2D eigenvalue weighted by atomic mass is 9.95. The van der Waals surface area contributed by atoms with Crippen molar-refractivity contribution in [3.05, 3.63) is 65.5 Å². The molecule has 2 aromatic rings. The molecule has 0 fully saturated rings. The first-order valence-electron chi connectivity index (χ1n) is 5.73. The quantitative estimate of drug-likeness (QED) is 0.899. The molecule has 18 heavy (non-hydrogen) atoms. The third kappa shape index (κ3) is 2.71. The summed E-state index contributed by atoms with van der Waals surface area (Å²) >= 11 is 0. The predicted octanol–water partition coefficient (Wildman–Crippen LogP) is 2.71. The van der Waals surface area contributed by atoms with Gasteiger partial charge in [0.2, 0.25) is 0 Å². The van der Waals surface area contributed by atoms with Gasteiger partial charge in [0, 0.05) is 24.4 Å². The van der Waals surface area contributed by atoms with Crippen LogP contribution in [0.15, 0.2) is 42.6 Å². The van der Waals surface area contributed by atoms with Gasteiger partial charge < -0.3 is 5.32 Å². The van der Waals surface area contributed by atoms with Crippen LogP contribution in [-0.2, 0) is 0 Å². The Morgan fingerprint density at radius 3 is 2.61 bits per heavy atom. The van der Waals surface area contributed by atoms with Gasteiger partial charge in [-0.2, -0.15) is 0 Å². The van der Waals surface area contributed by atoms with Crippen molar-refractivity contribution < 1.29 is 8.78 Å². The lowest BCUT2D eigenvalue weighted by Gasteiger charge is -2.16.